The zero-order chi connectivity index (χ0) is 19.5. The molecule has 3 aliphatic heterocycles. The summed E-state index contributed by atoms with van der Waals surface area (Å²) in [5, 5.41) is 7.82. The van der Waals surface area contributed by atoms with Crippen molar-refractivity contribution in [1.82, 2.24) is 20.3 Å². The summed E-state index contributed by atoms with van der Waals surface area (Å²) < 4.78 is 11.5. The molecule has 3 saturated heterocycles. The first kappa shape index (κ1) is 19.1. The maximum atomic E-state index is 6.37. The van der Waals surface area contributed by atoms with E-state index in [0.717, 1.165) is 44.2 Å². The van der Waals surface area contributed by atoms with Crippen molar-refractivity contribution in [3.05, 3.63) is 47.9 Å². The lowest BCUT2D eigenvalue weighted by molar-refractivity contribution is 0.0372. The lowest BCUT2D eigenvalue weighted by Gasteiger charge is -2.46. The van der Waals surface area contributed by atoms with Crippen LogP contribution in [0.1, 0.15) is 43.0 Å². The molecule has 0 amide bonds. The Kier molecular flexibility index (Phi) is 5.83. The van der Waals surface area contributed by atoms with Gasteiger partial charge in [-0.3, -0.25) is 9.80 Å². The Morgan fingerprint density at radius 1 is 1.10 bits per heavy atom. The van der Waals surface area contributed by atoms with Gasteiger partial charge in [0.05, 0.1) is 12.6 Å². The molecule has 0 spiro atoms. The third kappa shape index (κ3) is 4.34. The minimum atomic E-state index is 0.283. The Labute approximate surface area is 173 Å². The molecule has 0 saturated carbocycles. The van der Waals surface area contributed by atoms with Crippen LogP contribution in [0.3, 0.4) is 0 Å². The van der Waals surface area contributed by atoms with Gasteiger partial charge in [-0.25, -0.2) is 0 Å². The predicted octanol–water partition coefficient (Wildman–Crippen LogP) is 3.07. The molecular weight excluding hydrogens is 364 g/mol. The highest BCUT2D eigenvalue weighted by atomic mass is 16.5. The van der Waals surface area contributed by atoms with Crippen molar-refractivity contribution in [1.29, 1.82) is 0 Å². The summed E-state index contributed by atoms with van der Waals surface area (Å²) in [5.41, 5.74) is 2.36. The molecule has 156 valence electrons. The summed E-state index contributed by atoms with van der Waals surface area (Å²) >= 11 is 0. The molecule has 29 heavy (non-hydrogen) atoms. The summed E-state index contributed by atoms with van der Waals surface area (Å²) in [6.07, 6.45) is 6.70. The number of hydrogen-bond acceptors (Lipinski definition) is 6. The van der Waals surface area contributed by atoms with Crippen molar-refractivity contribution >= 4 is 0 Å². The fraction of sp³-hybridized carbons (Fsp3) is 0.609. The number of rotatable bonds is 6. The van der Waals surface area contributed by atoms with E-state index in [2.05, 4.69) is 44.5 Å². The largest absolute Gasteiger partial charge is 0.493 e. The number of benzene rings is 1. The molecule has 2 aromatic rings. The van der Waals surface area contributed by atoms with E-state index in [9.17, 15) is 0 Å². The summed E-state index contributed by atoms with van der Waals surface area (Å²) in [6.45, 7) is 7.46. The maximum absolute atomic E-state index is 6.37. The summed E-state index contributed by atoms with van der Waals surface area (Å²) in [6, 6.07) is 11.4. The second-order valence-corrected chi connectivity index (χ2v) is 8.76. The first-order valence-corrected chi connectivity index (χ1v) is 11.2. The predicted molar refractivity (Wildman–Crippen MR) is 112 cm³/mol. The molecule has 3 fully saturated rings. The van der Waals surface area contributed by atoms with Gasteiger partial charge in [-0.15, -0.1) is 0 Å². The van der Waals surface area contributed by atoms with E-state index < -0.39 is 0 Å². The summed E-state index contributed by atoms with van der Waals surface area (Å²) in [7, 11) is 0. The number of piperidine rings is 1. The number of hydrogen-bond donors (Lipinski definition) is 1. The van der Waals surface area contributed by atoms with Crippen LogP contribution < -0.4 is 10.1 Å². The molecule has 0 bridgehead atoms. The molecule has 4 heterocycles. The van der Waals surface area contributed by atoms with Gasteiger partial charge in [0.15, 0.2) is 0 Å². The normalized spacial score (nSPS) is 28.3. The highest BCUT2D eigenvalue weighted by Crippen LogP contribution is 2.33. The number of piperazine rings is 1. The maximum Gasteiger partial charge on any atom is 0.124 e. The van der Waals surface area contributed by atoms with Gasteiger partial charge in [-0.1, -0.05) is 23.4 Å². The van der Waals surface area contributed by atoms with E-state index in [1.807, 2.05) is 6.07 Å². The van der Waals surface area contributed by atoms with Gasteiger partial charge < -0.3 is 14.6 Å². The van der Waals surface area contributed by atoms with Gasteiger partial charge in [-0.2, -0.15) is 0 Å². The summed E-state index contributed by atoms with van der Waals surface area (Å²) in [4.78, 5) is 5.17. The Bertz CT molecular complexity index is 775. The van der Waals surface area contributed by atoms with Gasteiger partial charge in [0.1, 0.15) is 17.7 Å². The number of nitrogens with zero attached hydrogens (tertiary/aromatic N) is 3. The highest BCUT2D eigenvalue weighted by Gasteiger charge is 2.38. The molecule has 1 aromatic carbocycles. The van der Waals surface area contributed by atoms with Crippen LogP contribution in [0.5, 0.6) is 5.75 Å². The Balaban J connectivity index is 1.18. The van der Waals surface area contributed by atoms with Crippen molar-refractivity contribution in [2.75, 3.05) is 39.3 Å². The topological polar surface area (TPSA) is 53.8 Å². The van der Waals surface area contributed by atoms with E-state index in [-0.39, 0.29) is 6.04 Å². The van der Waals surface area contributed by atoms with Crippen LogP contribution in [0.4, 0.5) is 0 Å². The molecule has 3 unspecified atom stereocenters. The molecule has 3 aliphatic rings. The molecule has 6 nitrogen and oxygen atoms in total. The standard InChI is InChI=1S/C23H32N4O2/c1-2-6-22(19(5-1)16-26-11-3-4-12-26)28-17-18-7-8-21-23(20-9-14-29-25-20)24-10-13-27(21)15-18/h1-2,5-6,9,14,18,21,23-24H,3-4,7-8,10-13,15-17H2. The van der Waals surface area contributed by atoms with E-state index in [1.165, 1.54) is 44.3 Å². The van der Waals surface area contributed by atoms with Gasteiger partial charge in [0.25, 0.3) is 0 Å². The highest BCUT2D eigenvalue weighted by molar-refractivity contribution is 5.33. The number of fused-ring (bicyclic) bond motifs is 1. The minimum Gasteiger partial charge on any atom is -0.493 e. The molecule has 1 aromatic heterocycles. The van der Waals surface area contributed by atoms with E-state index in [0.29, 0.717) is 12.0 Å². The zero-order valence-corrected chi connectivity index (χ0v) is 17.1. The van der Waals surface area contributed by atoms with Crippen LogP contribution in [0.15, 0.2) is 41.1 Å². The fourth-order valence-corrected chi connectivity index (χ4v) is 5.27. The molecular formula is C23H32N4O2. The van der Waals surface area contributed by atoms with E-state index >= 15 is 0 Å². The van der Waals surface area contributed by atoms with E-state index in [4.69, 9.17) is 9.26 Å². The van der Waals surface area contributed by atoms with Crippen LogP contribution in [0.25, 0.3) is 0 Å². The quantitative estimate of drug-likeness (QED) is 0.810. The third-order valence-corrected chi connectivity index (χ3v) is 6.80. The van der Waals surface area contributed by atoms with E-state index in [1.54, 1.807) is 6.26 Å². The molecule has 6 heteroatoms. The van der Waals surface area contributed by atoms with Gasteiger partial charge in [0, 0.05) is 49.8 Å². The molecule has 0 radical (unpaired) electrons. The Morgan fingerprint density at radius 3 is 2.86 bits per heavy atom. The number of para-hydroxylation sites is 1. The first-order valence-electron chi connectivity index (χ1n) is 11.2. The molecule has 1 N–H and O–H groups in total. The molecule has 3 atom stereocenters. The number of nitrogens with one attached hydrogen (secondary N) is 1. The van der Waals surface area contributed by atoms with Crippen LogP contribution in [-0.2, 0) is 6.54 Å². The Hall–Kier alpha value is -1.89. The monoisotopic (exact) mass is 396 g/mol. The average Bonchev–Trinajstić information content (AvgIpc) is 3.47. The lowest BCUT2D eigenvalue weighted by Crippen LogP contribution is -2.57. The van der Waals surface area contributed by atoms with Gasteiger partial charge >= 0.3 is 0 Å². The number of aromatic nitrogens is 1. The molecule has 5 rings (SSSR count). The van der Waals surface area contributed by atoms with Crippen molar-refractivity contribution in [3.63, 3.8) is 0 Å². The second-order valence-electron chi connectivity index (χ2n) is 8.76. The first-order chi connectivity index (χ1) is 14.4. The fourth-order valence-electron chi connectivity index (χ4n) is 5.27. The van der Waals surface area contributed by atoms with Crippen LogP contribution in [0.2, 0.25) is 0 Å². The minimum absolute atomic E-state index is 0.283. The van der Waals surface area contributed by atoms with Crippen LogP contribution in [0, 0.1) is 5.92 Å². The van der Waals surface area contributed by atoms with Crippen molar-refractivity contribution in [3.8, 4) is 5.75 Å². The second kappa shape index (κ2) is 8.86. The van der Waals surface area contributed by atoms with Crippen molar-refractivity contribution < 1.29 is 9.26 Å². The average molecular weight is 397 g/mol. The number of likely N-dealkylation sites (tertiary alicyclic amines) is 1. The summed E-state index contributed by atoms with van der Waals surface area (Å²) in [5.74, 6) is 1.66. The van der Waals surface area contributed by atoms with Crippen molar-refractivity contribution in [2.24, 2.45) is 5.92 Å². The Morgan fingerprint density at radius 2 is 2.00 bits per heavy atom. The smallest absolute Gasteiger partial charge is 0.124 e. The van der Waals surface area contributed by atoms with Gasteiger partial charge in [-0.05, 0) is 44.8 Å². The van der Waals surface area contributed by atoms with Gasteiger partial charge in [0.2, 0.25) is 0 Å². The molecule has 0 aliphatic carbocycles. The third-order valence-electron chi connectivity index (χ3n) is 6.80. The van der Waals surface area contributed by atoms with Crippen molar-refractivity contribution in [2.45, 2.75) is 44.3 Å². The zero-order valence-electron chi connectivity index (χ0n) is 17.1. The number of ether oxygens (including phenoxy) is 1. The lowest BCUT2D eigenvalue weighted by atomic mass is 9.87. The van der Waals surface area contributed by atoms with Crippen LogP contribution in [-0.4, -0.2) is 60.3 Å². The SMILES string of the molecule is c1ccc(OCC2CCC3C(c4ccon4)NCCN3C2)c(CN2CCCC2)c1. The van der Waals surface area contributed by atoms with Crippen LogP contribution >= 0.6 is 0 Å².